The third kappa shape index (κ3) is 4.54. The van der Waals surface area contributed by atoms with E-state index in [0.29, 0.717) is 30.3 Å². The second-order valence-corrected chi connectivity index (χ2v) is 6.11. The van der Waals surface area contributed by atoms with Gasteiger partial charge in [0.15, 0.2) is 11.5 Å². The van der Waals surface area contributed by atoms with Gasteiger partial charge < -0.3 is 19.5 Å². The first-order chi connectivity index (χ1) is 13.2. The second kappa shape index (κ2) is 7.79. The van der Waals surface area contributed by atoms with Crippen molar-refractivity contribution in [2.75, 3.05) is 19.8 Å². The number of carboxylic acids is 1. The normalized spacial score (nSPS) is 13.1. The fourth-order valence-electron chi connectivity index (χ4n) is 2.74. The summed E-state index contributed by atoms with van der Waals surface area (Å²) in [4.78, 5) is 25.0. The minimum absolute atomic E-state index is 0.155. The summed E-state index contributed by atoms with van der Waals surface area (Å²) in [6.07, 6.45) is -4.47. The van der Waals surface area contributed by atoms with Crippen LogP contribution in [0.5, 0.6) is 11.5 Å². The van der Waals surface area contributed by atoms with Gasteiger partial charge in [0.2, 0.25) is 0 Å². The molecule has 148 valence electrons. The molecule has 0 saturated heterocycles. The smallest absolute Gasteiger partial charge is 0.416 e. The molecule has 1 aliphatic heterocycles. The van der Waals surface area contributed by atoms with Crippen molar-refractivity contribution in [1.29, 1.82) is 0 Å². The zero-order valence-corrected chi connectivity index (χ0v) is 14.5. The first-order valence-corrected chi connectivity index (χ1v) is 8.31. The predicted octanol–water partition coefficient (Wildman–Crippen LogP) is 3.20. The number of nitrogens with zero attached hydrogens (tertiary/aromatic N) is 1. The highest BCUT2D eigenvalue weighted by molar-refractivity contribution is 5.96. The molecule has 2 aromatic carbocycles. The molecule has 1 N–H and O–H groups in total. The molecule has 0 unspecified atom stereocenters. The van der Waals surface area contributed by atoms with Crippen molar-refractivity contribution in [2.24, 2.45) is 0 Å². The van der Waals surface area contributed by atoms with Crippen LogP contribution in [0, 0.1) is 0 Å². The van der Waals surface area contributed by atoms with Crippen molar-refractivity contribution in [3.8, 4) is 11.5 Å². The molecule has 0 aliphatic carbocycles. The molecule has 9 heteroatoms. The number of aliphatic carboxylic acids is 1. The van der Waals surface area contributed by atoms with Crippen LogP contribution in [0.2, 0.25) is 0 Å². The minimum atomic E-state index is -4.47. The zero-order chi connectivity index (χ0) is 20.3. The van der Waals surface area contributed by atoms with Gasteiger partial charge in [-0.3, -0.25) is 9.59 Å². The molecular formula is C19H16F3NO5. The van der Waals surface area contributed by atoms with E-state index >= 15 is 0 Å². The van der Waals surface area contributed by atoms with Crippen LogP contribution >= 0.6 is 0 Å². The third-order valence-electron chi connectivity index (χ3n) is 4.06. The largest absolute Gasteiger partial charge is 0.486 e. The van der Waals surface area contributed by atoms with Crippen LogP contribution < -0.4 is 9.47 Å². The summed E-state index contributed by atoms with van der Waals surface area (Å²) >= 11 is 0. The molecule has 0 saturated carbocycles. The van der Waals surface area contributed by atoms with Crippen LogP contribution in [-0.4, -0.2) is 41.6 Å². The van der Waals surface area contributed by atoms with E-state index in [0.717, 1.165) is 17.0 Å². The van der Waals surface area contributed by atoms with Gasteiger partial charge in [0, 0.05) is 12.1 Å². The molecule has 0 radical (unpaired) electrons. The number of carboxylic acid groups (broad SMARTS) is 1. The number of amides is 1. The SMILES string of the molecule is O=C(O)CN(Cc1ccc(C(F)(F)F)cc1)C(=O)c1ccc2c(c1)OCCO2. The highest BCUT2D eigenvalue weighted by Crippen LogP contribution is 2.32. The Morgan fingerprint density at radius 2 is 1.64 bits per heavy atom. The van der Waals surface area contributed by atoms with Gasteiger partial charge in [0.25, 0.3) is 5.91 Å². The molecule has 6 nitrogen and oxygen atoms in total. The van der Waals surface area contributed by atoms with Crippen molar-refractivity contribution >= 4 is 11.9 Å². The Morgan fingerprint density at radius 3 is 2.25 bits per heavy atom. The predicted molar refractivity (Wildman–Crippen MR) is 91.3 cm³/mol. The topological polar surface area (TPSA) is 76.1 Å². The summed E-state index contributed by atoms with van der Waals surface area (Å²) in [7, 11) is 0. The fraction of sp³-hybridized carbons (Fsp3) is 0.263. The number of carbonyl (C=O) groups is 2. The number of hydrogen-bond donors (Lipinski definition) is 1. The van der Waals surface area contributed by atoms with E-state index in [2.05, 4.69) is 0 Å². The van der Waals surface area contributed by atoms with Gasteiger partial charge in [-0.05, 0) is 35.9 Å². The van der Waals surface area contributed by atoms with Gasteiger partial charge in [0.1, 0.15) is 19.8 Å². The Morgan fingerprint density at radius 1 is 1.00 bits per heavy atom. The number of rotatable bonds is 5. The van der Waals surface area contributed by atoms with Crippen molar-refractivity contribution < 1.29 is 37.3 Å². The summed E-state index contributed by atoms with van der Waals surface area (Å²) in [6, 6.07) is 8.71. The quantitative estimate of drug-likeness (QED) is 0.842. The average molecular weight is 395 g/mol. The average Bonchev–Trinajstić information content (AvgIpc) is 2.66. The molecule has 0 bridgehead atoms. The van der Waals surface area contributed by atoms with Gasteiger partial charge in [-0.15, -0.1) is 0 Å². The lowest BCUT2D eigenvalue weighted by Crippen LogP contribution is -2.35. The van der Waals surface area contributed by atoms with Gasteiger partial charge in [-0.25, -0.2) is 0 Å². The highest BCUT2D eigenvalue weighted by atomic mass is 19.4. The lowest BCUT2D eigenvalue weighted by molar-refractivity contribution is -0.138. The Hall–Kier alpha value is -3.23. The van der Waals surface area contributed by atoms with Gasteiger partial charge in [-0.1, -0.05) is 12.1 Å². The van der Waals surface area contributed by atoms with Gasteiger partial charge >= 0.3 is 12.1 Å². The number of alkyl halides is 3. The van der Waals surface area contributed by atoms with Crippen molar-refractivity contribution in [3.05, 3.63) is 59.2 Å². The third-order valence-corrected chi connectivity index (χ3v) is 4.06. The first-order valence-electron chi connectivity index (χ1n) is 8.31. The van der Waals surface area contributed by atoms with Gasteiger partial charge in [0.05, 0.1) is 5.56 Å². The number of fused-ring (bicyclic) bond motifs is 1. The highest BCUT2D eigenvalue weighted by Gasteiger charge is 2.30. The minimum Gasteiger partial charge on any atom is -0.486 e. The van der Waals surface area contributed by atoms with E-state index < -0.39 is 30.2 Å². The summed E-state index contributed by atoms with van der Waals surface area (Å²) in [5.74, 6) is -0.964. The maximum absolute atomic E-state index is 12.8. The van der Waals surface area contributed by atoms with Crippen LogP contribution in [0.4, 0.5) is 13.2 Å². The maximum atomic E-state index is 12.8. The second-order valence-electron chi connectivity index (χ2n) is 6.11. The van der Waals surface area contributed by atoms with E-state index in [1.807, 2.05) is 0 Å². The standard InChI is InChI=1S/C19H16F3NO5/c20-19(21,22)14-4-1-12(2-5-14)10-23(11-17(24)25)18(26)13-3-6-15-16(9-13)28-8-7-27-15/h1-6,9H,7-8,10-11H2,(H,24,25). The van der Waals surface area contributed by atoms with E-state index in [1.54, 1.807) is 6.07 Å². The Kier molecular flexibility index (Phi) is 5.43. The molecule has 3 rings (SSSR count). The van der Waals surface area contributed by atoms with E-state index in [9.17, 15) is 22.8 Å². The number of ether oxygens (including phenoxy) is 2. The summed E-state index contributed by atoms with van der Waals surface area (Å²) in [5.41, 5.74) is -0.253. The number of halogens is 3. The lowest BCUT2D eigenvalue weighted by atomic mass is 10.1. The molecule has 0 spiro atoms. The van der Waals surface area contributed by atoms with E-state index in [-0.39, 0.29) is 12.1 Å². The van der Waals surface area contributed by atoms with E-state index in [1.165, 1.54) is 24.3 Å². The molecule has 0 atom stereocenters. The summed E-state index contributed by atoms with van der Waals surface area (Å²) in [5, 5.41) is 9.11. The number of benzene rings is 2. The summed E-state index contributed by atoms with van der Waals surface area (Å²) < 4.78 is 48.8. The monoisotopic (exact) mass is 395 g/mol. The van der Waals surface area contributed by atoms with Crippen LogP contribution in [0.15, 0.2) is 42.5 Å². The summed E-state index contributed by atoms with van der Waals surface area (Å²) in [6.45, 7) is -0.0413. The Labute approximate surface area is 158 Å². The number of carbonyl (C=O) groups excluding carboxylic acids is 1. The van der Waals surface area contributed by atoms with Crippen molar-refractivity contribution in [2.45, 2.75) is 12.7 Å². The van der Waals surface area contributed by atoms with Crippen LogP contribution in [0.3, 0.4) is 0 Å². The molecule has 0 aromatic heterocycles. The Balaban J connectivity index is 1.81. The molecule has 1 aliphatic rings. The lowest BCUT2D eigenvalue weighted by Gasteiger charge is -2.23. The maximum Gasteiger partial charge on any atom is 0.416 e. The van der Waals surface area contributed by atoms with Crippen LogP contribution in [0.25, 0.3) is 0 Å². The Bertz CT molecular complexity index is 880. The molecule has 28 heavy (non-hydrogen) atoms. The van der Waals surface area contributed by atoms with Gasteiger partial charge in [-0.2, -0.15) is 13.2 Å². The first kappa shape index (κ1) is 19.5. The van der Waals surface area contributed by atoms with Crippen molar-refractivity contribution in [3.63, 3.8) is 0 Å². The molecule has 0 fully saturated rings. The molecular weight excluding hydrogens is 379 g/mol. The fourth-order valence-corrected chi connectivity index (χ4v) is 2.74. The van der Waals surface area contributed by atoms with Crippen LogP contribution in [0.1, 0.15) is 21.5 Å². The molecule has 1 amide bonds. The van der Waals surface area contributed by atoms with Crippen LogP contribution in [-0.2, 0) is 17.5 Å². The van der Waals surface area contributed by atoms with Crippen molar-refractivity contribution in [1.82, 2.24) is 4.90 Å². The zero-order valence-electron chi connectivity index (χ0n) is 14.5. The van der Waals surface area contributed by atoms with E-state index in [4.69, 9.17) is 14.6 Å². The molecule has 1 heterocycles. The molecule has 2 aromatic rings. The number of hydrogen-bond acceptors (Lipinski definition) is 4.